The molecule has 0 aromatic heterocycles. The van der Waals surface area contributed by atoms with Gasteiger partial charge in [-0.15, -0.1) is 0 Å². The Kier molecular flexibility index (Phi) is 1.41. The van der Waals surface area contributed by atoms with Gasteiger partial charge >= 0.3 is 27.0 Å². The summed E-state index contributed by atoms with van der Waals surface area (Å²) in [5.74, 6) is 0. The fourth-order valence-electron chi connectivity index (χ4n) is 0. The van der Waals surface area contributed by atoms with Gasteiger partial charge in [0.05, 0.1) is 0 Å². The van der Waals surface area contributed by atoms with E-state index in [-0.39, 0.29) is 0 Å². The van der Waals surface area contributed by atoms with Crippen molar-refractivity contribution in [2.45, 2.75) is 0 Å². The molecule has 0 aromatic carbocycles. The van der Waals surface area contributed by atoms with Gasteiger partial charge in [-0.05, 0) is 0 Å². The Morgan fingerprint density at radius 2 is 1.00 bits per heavy atom. The first-order valence-electron chi connectivity index (χ1n) is 0.387. The van der Waals surface area contributed by atoms with Crippen molar-refractivity contribution in [3.05, 3.63) is 0 Å². The standard InChI is InChI=1S/3O.Pd. The summed E-state index contributed by atoms with van der Waals surface area (Å²) in [6, 6.07) is 0. The van der Waals surface area contributed by atoms with Crippen LogP contribution < -0.4 is 0 Å². The molecular formula is O3Pd. The molecule has 4 heavy (non-hydrogen) atoms. The number of hydrogen-bond donors (Lipinski definition) is 0. The average Bonchev–Trinajstić information content (AvgIpc) is 0.811. The fraction of sp³-hybridized carbons (Fsp3) is 0. The number of rotatable bonds is 0. The van der Waals surface area contributed by atoms with E-state index < -0.39 is 16.6 Å². The third-order valence-electron chi connectivity index (χ3n) is 0. The molecule has 0 aliphatic rings. The van der Waals surface area contributed by atoms with Gasteiger partial charge < -0.3 is 0 Å². The average molecular weight is 154 g/mol. The molecule has 0 unspecified atom stereocenters. The Bertz CT molecular complexity index is 72.7. The van der Waals surface area contributed by atoms with Crippen LogP contribution in [-0.2, 0) is 27.0 Å². The molecular weight excluding hydrogens is 154 g/mol. The minimum atomic E-state index is -3.73. The summed E-state index contributed by atoms with van der Waals surface area (Å²) in [5.41, 5.74) is 0. The molecule has 28 valence electrons. The second-order valence-electron chi connectivity index (χ2n) is 0.158. The molecule has 0 radical (unpaired) electrons. The zero-order valence-electron chi connectivity index (χ0n) is 1.54. The maximum absolute atomic E-state index is 8.53. The molecule has 0 fully saturated rings. The summed E-state index contributed by atoms with van der Waals surface area (Å²) in [6.07, 6.45) is 0. The van der Waals surface area contributed by atoms with Crippen LogP contribution in [-0.4, -0.2) is 0 Å². The van der Waals surface area contributed by atoms with Gasteiger partial charge in [0.1, 0.15) is 0 Å². The fourth-order valence-corrected chi connectivity index (χ4v) is 0. The zero-order valence-corrected chi connectivity index (χ0v) is 3.10. The van der Waals surface area contributed by atoms with Gasteiger partial charge in [-0.25, -0.2) is 0 Å². The van der Waals surface area contributed by atoms with E-state index in [2.05, 4.69) is 0 Å². The summed E-state index contributed by atoms with van der Waals surface area (Å²) in [6.45, 7) is 0. The quantitative estimate of drug-likeness (QED) is 0.448. The first-order valence-corrected chi connectivity index (χ1v) is 2.29. The molecule has 0 rings (SSSR count). The Morgan fingerprint density at radius 3 is 1.00 bits per heavy atom. The molecule has 0 aromatic rings. The second-order valence-corrected chi connectivity index (χ2v) is 0.935. The van der Waals surface area contributed by atoms with Crippen molar-refractivity contribution >= 4 is 0 Å². The van der Waals surface area contributed by atoms with Crippen molar-refractivity contribution in [2.75, 3.05) is 0 Å². The first kappa shape index (κ1) is 4.06. The monoisotopic (exact) mass is 154 g/mol. The molecule has 0 heterocycles. The van der Waals surface area contributed by atoms with Crippen molar-refractivity contribution in [3.8, 4) is 0 Å². The van der Waals surface area contributed by atoms with Gasteiger partial charge in [-0.2, -0.15) is 0 Å². The Labute approximate surface area is 27.8 Å². The molecule has 0 N–H and O–H groups in total. The third-order valence-corrected chi connectivity index (χ3v) is 0. The van der Waals surface area contributed by atoms with E-state index in [1.54, 1.807) is 0 Å². The first-order chi connectivity index (χ1) is 1.73. The van der Waals surface area contributed by atoms with Gasteiger partial charge in [0, 0.05) is 0 Å². The normalized spacial score (nSPS) is 10.5. The Hall–Kier alpha value is 0.0623. The van der Waals surface area contributed by atoms with Crippen LogP contribution in [0.2, 0.25) is 0 Å². The van der Waals surface area contributed by atoms with E-state index in [1.807, 2.05) is 0 Å². The van der Waals surface area contributed by atoms with Crippen LogP contribution in [0.15, 0.2) is 0 Å². The zero-order chi connectivity index (χ0) is 3.58. The second kappa shape index (κ2) is 1.39. The Balaban J connectivity index is 4.65. The van der Waals surface area contributed by atoms with Crippen LogP contribution in [0.4, 0.5) is 0 Å². The van der Waals surface area contributed by atoms with Crippen molar-refractivity contribution in [3.63, 3.8) is 0 Å². The van der Waals surface area contributed by atoms with Gasteiger partial charge in [0.25, 0.3) is 0 Å². The van der Waals surface area contributed by atoms with Gasteiger partial charge in [-0.3, -0.25) is 0 Å². The summed E-state index contributed by atoms with van der Waals surface area (Å²) in [7, 11) is 0. The van der Waals surface area contributed by atoms with Crippen LogP contribution in [0, 0.1) is 0 Å². The molecule has 0 aliphatic heterocycles. The van der Waals surface area contributed by atoms with Crippen molar-refractivity contribution in [1.29, 1.82) is 0 Å². The topological polar surface area (TPSA) is 51.2 Å². The SMILES string of the molecule is [O]=[Pd](=[O])=[O]. The van der Waals surface area contributed by atoms with E-state index in [9.17, 15) is 0 Å². The third kappa shape index (κ3) is 599. The molecule has 0 spiro atoms. The molecule has 0 amide bonds. The van der Waals surface area contributed by atoms with Crippen molar-refractivity contribution in [2.24, 2.45) is 0 Å². The van der Waals surface area contributed by atoms with E-state index >= 15 is 0 Å². The van der Waals surface area contributed by atoms with Crippen LogP contribution in [0.1, 0.15) is 0 Å². The summed E-state index contributed by atoms with van der Waals surface area (Å²) >= 11 is -3.73. The summed E-state index contributed by atoms with van der Waals surface area (Å²) in [5, 5.41) is 0. The predicted octanol–water partition coefficient (Wildman–Crippen LogP) is -0.359. The molecule has 0 saturated heterocycles. The van der Waals surface area contributed by atoms with Crippen LogP contribution in [0.25, 0.3) is 0 Å². The molecule has 3 nitrogen and oxygen atoms in total. The summed E-state index contributed by atoms with van der Waals surface area (Å²) in [4.78, 5) is 0. The molecule has 0 atom stereocenters. The molecule has 0 saturated carbocycles. The Morgan fingerprint density at radius 1 is 1.00 bits per heavy atom. The van der Waals surface area contributed by atoms with Crippen LogP contribution in [0.5, 0.6) is 0 Å². The predicted molar refractivity (Wildman–Crippen MR) is 2.06 cm³/mol. The maximum atomic E-state index is 8.53. The van der Waals surface area contributed by atoms with Crippen LogP contribution >= 0.6 is 0 Å². The van der Waals surface area contributed by atoms with Gasteiger partial charge in [0.15, 0.2) is 0 Å². The molecule has 4 heteroatoms. The van der Waals surface area contributed by atoms with Crippen molar-refractivity contribution < 1.29 is 27.0 Å². The van der Waals surface area contributed by atoms with E-state index in [0.29, 0.717) is 0 Å². The van der Waals surface area contributed by atoms with E-state index in [0.717, 1.165) is 0 Å². The summed E-state index contributed by atoms with van der Waals surface area (Å²) < 4.78 is 25.6. The number of hydrogen-bond acceptors (Lipinski definition) is 3. The van der Waals surface area contributed by atoms with Gasteiger partial charge in [0.2, 0.25) is 0 Å². The van der Waals surface area contributed by atoms with Crippen molar-refractivity contribution in [1.82, 2.24) is 0 Å². The molecule has 0 aliphatic carbocycles. The van der Waals surface area contributed by atoms with E-state index in [4.69, 9.17) is 10.4 Å². The van der Waals surface area contributed by atoms with E-state index in [1.165, 1.54) is 0 Å². The minimum absolute atomic E-state index is 3.73. The molecule has 0 bridgehead atoms. The van der Waals surface area contributed by atoms with Gasteiger partial charge in [-0.1, -0.05) is 0 Å². The van der Waals surface area contributed by atoms with Crippen LogP contribution in [0.3, 0.4) is 0 Å².